The molecular weight excluding hydrogens is 306 g/mol. The van der Waals surface area contributed by atoms with E-state index in [1.165, 1.54) is 5.56 Å². The molecule has 1 aliphatic rings. The van der Waals surface area contributed by atoms with E-state index in [1.54, 1.807) is 12.4 Å². The van der Waals surface area contributed by atoms with E-state index < -0.39 is 11.9 Å². The summed E-state index contributed by atoms with van der Waals surface area (Å²) in [5.74, 6) is -0.539. The molecule has 0 saturated carbocycles. The van der Waals surface area contributed by atoms with Gasteiger partial charge in [-0.15, -0.1) is 0 Å². The van der Waals surface area contributed by atoms with Crippen molar-refractivity contribution >= 4 is 11.9 Å². The Labute approximate surface area is 143 Å². The molecule has 24 heavy (non-hydrogen) atoms. The molecular formula is C17H27N5O2. The highest BCUT2D eigenvalue weighted by Crippen LogP contribution is 2.13. The first-order valence-electron chi connectivity index (χ1n) is 8.43. The summed E-state index contributed by atoms with van der Waals surface area (Å²) in [6.45, 7) is 6.46. The van der Waals surface area contributed by atoms with Crippen LogP contribution in [0.25, 0.3) is 0 Å². The number of primary amides is 1. The summed E-state index contributed by atoms with van der Waals surface area (Å²) in [7, 11) is 0. The monoisotopic (exact) mass is 333 g/mol. The number of urea groups is 1. The predicted molar refractivity (Wildman–Crippen MR) is 92.0 cm³/mol. The fraction of sp³-hybridized carbons (Fsp3) is 0.588. The van der Waals surface area contributed by atoms with Crippen molar-refractivity contribution in [2.45, 2.75) is 45.3 Å². The van der Waals surface area contributed by atoms with Gasteiger partial charge in [0.15, 0.2) is 0 Å². The summed E-state index contributed by atoms with van der Waals surface area (Å²) in [4.78, 5) is 29.8. The molecule has 1 atom stereocenters. The van der Waals surface area contributed by atoms with E-state index in [0.717, 1.165) is 32.5 Å². The summed E-state index contributed by atoms with van der Waals surface area (Å²) < 4.78 is 0. The second-order valence-corrected chi connectivity index (χ2v) is 6.65. The highest BCUT2D eigenvalue weighted by molar-refractivity contribution is 5.86. The largest absolute Gasteiger partial charge is 0.368 e. The second-order valence-electron chi connectivity index (χ2n) is 6.65. The Kier molecular flexibility index (Phi) is 6.54. The standard InChI is InChI=1S/C17H27N5O2/c1-12(2)15(16(18)23)21-17(24)20-14-5-9-22(10-6-14)11-13-3-7-19-8-4-13/h3-4,7-8,12,14-15H,5-6,9-11H2,1-2H3,(H2,18,23)(H2,20,21,24)/t15-/m0/s1. The van der Waals surface area contributed by atoms with Crippen molar-refractivity contribution in [3.63, 3.8) is 0 Å². The Balaban J connectivity index is 1.74. The number of rotatable bonds is 6. The first-order chi connectivity index (χ1) is 11.5. The van der Waals surface area contributed by atoms with Crippen molar-refractivity contribution in [2.75, 3.05) is 13.1 Å². The zero-order valence-electron chi connectivity index (χ0n) is 14.4. The molecule has 0 spiro atoms. The van der Waals surface area contributed by atoms with Crippen LogP contribution in [0, 0.1) is 5.92 Å². The van der Waals surface area contributed by atoms with Gasteiger partial charge >= 0.3 is 6.03 Å². The van der Waals surface area contributed by atoms with E-state index in [4.69, 9.17) is 5.73 Å². The van der Waals surface area contributed by atoms with Gasteiger partial charge in [0.05, 0.1) is 0 Å². The average molecular weight is 333 g/mol. The summed E-state index contributed by atoms with van der Waals surface area (Å²) >= 11 is 0. The quantitative estimate of drug-likeness (QED) is 0.718. The number of amides is 3. The normalized spacial score (nSPS) is 17.5. The predicted octanol–water partition coefficient (Wildman–Crippen LogP) is 0.855. The second kappa shape index (κ2) is 8.63. The molecule has 2 rings (SSSR count). The number of piperidine rings is 1. The van der Waals surface area contributed by atoms with Crippen molar-refractivity contribution in [1.82, 2.24) is 20.5 Å². The first-order valence-corrected chi connectivity index (χ1v) is 8.43. The van der Waals surface area contributed by atoms with Gasteiger partial charge in [0.1, 0.15) is 6.04 Å². The fourth-order valence-corrected chi connectivity index (χ4v) is 2.92. The average Bonchev–Trinajstić information content (AvgIpc) is 2.55. The number of nitrogens with one attached hydrogen (secondary N) is 2. The summed E-state index contributed by atoms with van der Waals surface area (Å²) in [6.07, 6.45) is 5.39. The van der Waals surface area contributed by atoms with E-state index in [0.29, 0.717) is 0 Å². The number of likely N-dealkylation sites (tertiary alicyclic amines) is 1. The number of aromatic nitrogens is 1. The molecule has 1 aromatic rings. The third kappa shape index (κ3) is 5.49. The van der Waals surface area contributed by atoms with Crippen LogP contribution in [0.15, 0.2) is 24.5 Å². The highest BCUT2D eigenvalue weighted by atomic mass is 16.2. The Morgan fingerprint density at radius 3 is 2.46 bits per heavy atom. The molecule has 0 aromatic carbocycles. The number of hydrogen-bond donors (Lipinski definition) is 3. The van der Waals surface area contributed by atoms with Gasteiger partial charge < -0.3 is 16.4 Å². The van der Waals surface area contributed by atoms with Crippen LogP contribution in [-0.4, -0.2) is 47.0 Å². The van der Waals surface area contributed by atoms with E-state index in [1.807, 2.05) is 26.0 Å². The molecule has 0 unspecified atom stereocenters. The van der Waals surface area contributed by atoms with Crippen LogP contribution >= 0.6 is 0 Å². The fourth-order valence-electron chi connectivity index (χ4n) is 2.92. The van der Waals surface area contributed by atoms with Crippen molar-refractivity contribution in [3.05, 3.63) is 30.1 Å². The van der Waals surface area contributed by atoms with Gasteiger partial charge in [-0.05, 0) is 36.5 Å². The molecule has 7 heteroatoms. The Morgan fingerprint density at radius 2 is 1.92 bits per heavy atom. The number of carbonyl (C=O) groups is 2. The summed E-state index contributed by atoms with van der Waals surface area (Å²) in [5.41, 5.74) is 6.56. The molecule has 2 heterocycles. The van der Waals surface area contributed by atoms with Crippen LogP contribution in [0.4, 0.5) is 4.79 Å². The highest BCUT2D eigenvalue weighted by Gasteiger charge is 2.24. The van der Waals surface area contributed by atoms with Gasteiger partial charge in [-0.2, -0.15) is 0 Å². The van der Waals surface area contributed by atoms with Crippen LogP contribution in [0.1, 0.15) is 32.3 Å². The van der Waals surface area contributed by atoms with Crippen molar-refractivity contribution in [1.29, 1.82) is 0 Å². The van der Waals surface area contributed by atoms with E-state index in [9.17, 15) is 9.59 Å². The minimum absolute atomic E-state index is 0.0320. The van der Waals surface area contributed by atoms with Crippen LogP contribution < -0.4 is 16.4 Å². The number of nitrogens with zero attached hydrogens (tertiary/aromatic N) is 2. The van der Waals surface area contributed by atoms with Crippen LogP contribution in [0.5, 0.6) is 0 Å². The zero-order chi connectivity index (χ0) is 17.5. The van der Waals surface area contributed by atoms with Gasteiger partial charge in [-0.1, -0.05) is 13.8 Å². The lowest BCUT2D eigenvalue weighted by molar-refractivity contribution is -0.120. The Bertz CT molecular complexity index is 541. The van der Waals surface area contributed by atoms with E-state index in [-0.39, 0.29) is 18.0 Å². The maximum absolute atomic E-state index is 12.1. The zero-order valence-corrected chi connectivity index (χ0v) is 14.4. The number of nitrogens with two attached hydrogens (primary N) is 1. The lowest BCUT2D eigenvalue weighted by Crippen LogP contribution is -2.54. The molecule has 0 radical (unpaired) electrons. The molecule has 4 N–H and O–H groups in total. The van der Waals surface area contributed by atoms with Crippen molar-refractivity contribution in [2.24, 2.45) is 11.7 Å². The molecule has 7 nitrogen and oxygen atoms in total. The third-order valence-electron chi connectivity index (χ3n) is 4.34. The maximum Gasteiger partial charge on any atom is 0.315 e. The maximum atomic E-state index is 12.1. The van der Waals surface area contributed by atoms with E-state index in [2.05, 4.69) is 20.5 Å². The minimum atomic E-state index is -0.642. The van der Waals surface area contributed by atoms with Crippen molar-refractivity contribution < 1.29 is 9.59 Å². The molecule has 1 saturated heterocycles. The lowest BCUT2D eigenvalue weighted by atomic mass is 10.0. The Hall–Kier alpha value is -2.15. The molecule has 1 aliphatic heterocycles. The first kappa shape index (κ1) is 18.2. The number of hydrogen-bond acceptors (Lipinski definition) is 4. The molecule has 1 aromatic heterocycles. The van der Waals surface area contributed by atoms with Crippen molar-refractivity contribution in [3.8, 4) is 0 Å². The van der Waals surface area contributed by atoms with E-state index >= 15 is 0 Å². The van der Waals surface area contributed by atoms with Gasteiger partial charge in [0.2, 0.25) is 5.91 Å². The third-order valence-corrected chi connectivity index (χ3v) is 4.34. The van der Waals surface area contributed by atoms with Gasteiger partial charge in [-0.3, -0.25) is 14.7 Å². The molecule has 3 amide bonds. The van der Waals surface area contributed by atoms with Gasteiger partial charge in [-0.25, -0.2) is 4.79 Å². The van der Waals surface area contributed by atoms with Gasteiger partial charge in [0.25, 0.3) is 0 Å². The molecule has 0 aliphatic carbocycles. The minimum Gasteiger partial charge on any atom is -0.368 e. The lowest BCUT2D eigenvalue weighted by Gasteiger charge is -2.32. The molecule has 1 fully saturated rings. The smallest absolute Gasteiger partial charge is 0.315 e. The number of pyridine rings is 1. The van der Waals surface area contributed by atoms with Crippen LogP contribution in [0.3, 0.4) is 0 Å². The topological polar surface area (TPSA) is 100 Å². The van der Waals surface area contributed by atoms with Crippen LogP contribution in [0.2, 0.25) is 0 Å². The summed E-state index contributed by atoms with van der Waals surface area (Å²) in [5, 5.41) is 5.62. The number of carbonyl (C=O) groups excluding carboxylic acids is 2. The Morgan fingerprint density at radius 1 is 1.29 bits per heavy atom. The SMILES string of the molecule is CC(C)[C@H](NC(=O)NC1CCN(Cc2ccncc2)CC1)C(N)=O. The molecule has 132 valence electrons. The van der Waals surface area contributed by atoms with Gasteiger partial charge in [0, 0.05) is 38.1 Å². The molecule has 0 bridgehead atoms. The van der Waals surface area contributed by atoms with Crippen LogP contribution in [-0.2, 0) is 11.3 Å². The summed E-state index contributed by atoms with van der Waals surface area (Å²) in [6, 6.07) is 3.21.